The summed E-state index contributed by atoms with van der Waals surface area (Å²) in [5, 5.41) is 2.57. The summed E-state index contributed by atoms with van der Waals surface area (Å²) in [6, 6.07) is 10.1. The summed E-state index contributed by atoms with van der Waals surface area (Å²) in [4.78, 5) is 12.1. The number of ether oxygens (including phenoxy) is 1. The predicted molar refractivity (Wildman–Crippen MR) is 105 cm³/mol. The molecule has 0 fully saturated rings. The van der Waals surface area contributed by atoms with Crippen LogP contribution < -0.4 is 10.1 Å². The predicted octanol–water partition coefficient (Wildman–Crippen LogP) is 3.64. The summed E-state index contributed by atoms with van der Waals surface area (Å²) < 4.78 is 45.6. The summed E-state index contributed by atoms with van der Waals surface area (Å²) in [6.45, 7) is 3.91. The molecule has 0 saturated carbocycles. The van der Waals surface area contributed by atoms with Crippen LogP contribution in [0.15, 0.2) is 51.8 Å². The van der Waals surface area contributed by atoms with E-state index in [1.807, 2.05) is 0 Å². The molecule has 1 N–H and O–H groups in total. The van der Waals surface area contributed by atoms with Crippen molar-refractivity contribution in [3.63, 3.8) is 0 Å². The Morgan fingerprint density at radius 3 is 2.33 bits per heavy atom. The number of benzene rings is 2. The van der Waals surface area contributed by atoms with Gasteiger partial charge in [-0.15, -0.1) is 0 Å². The maximum absolute atomic E-state index is 13.7. The number of sulfonamides is 1. The molecule has 0 aliphatic carbocycles. The van der Waals surface area contributed by atoms with Crippen molar-refractivity contribution in [2.45, 2.75) is 18.7 Å². The molecule has 0 unspecified atom stereocenters. The first-order chi connectivity index (χ1) is 12.8. The Morgan fingerprint density at radius 2 is 1.78 bits per heavy atom. The van der Waals surface area contributed by atoms with Gasteiger partial charge in [0.15, 0.2) is 18.2 Å². The molecule has 2 aromatic carbocycles. The maximum Gasteiger partial charge on any atom is 0.262 e. The molecule has 0 heterocycles. The van der Waals surface area contributed by atoms with Crippen molar-refractivity contribution in [2.24, 2.45) is 0 Å². The van der Waals surface area contributed by atoms with Crippen molar-refractivity contribution in [1.29, 1.82) is 0 Å². The molecule has 2 rings (SSSR count). The molecule has 0 radical (unpaired) electrons. The lowest BCUT2D eigenvalue weighted by molar-refractivity contribution is -0.118. The molecule has 0 atom stereocenters. The number of nitrogens with zero attached hydrogens (tertiary/aromatic N) is 1. The van der Waals surface area contributed by atoms with Crippen LogP contribution in [0.5, 0.6) is 5.75 Å². The second-order valence-corrected chi connectivity index (χ2v) is 8.38. The summed E-state index contributed by atoms with van der Waals surface area (Å²) >= 11 is 3.14. The van der Waals surface area contributed by atoms with Crippen LogP contribution in [0.3, 0.4) is 0 Å². The molecule has 2 aromatic rings. The smallest absolute Gasteiger partial charge is 0.262 e. The standard InChI is InChI=1S/C18H20BrFN2O4S/c1-3-22(4-2)27(24,25)15-8-6-14(7-9-15)21-18(23)12-26-17-10-5-13(19)11-16(17)20/h5-11H,3-4,12H2,1-2H3,(H,21,23). The highest BCUT2D eigenvalue weighted by atomic mass is 79.9. The van der Waals surface area contributed by atoms with Gasteiger partial charge in [-0.05, 0) is 42.5 Å². The van der Waals surface area contributed by atoms with Crippen LogP contribution in [0.4, 0.5) is 10.1 Å². The van der Waals surface area contributed by atoms with E-state index in [1.54, 1.807) is 19.9 Å². The molecule has 0 aliphatic rings. The zero-order chi connectivity index (χ0) is 20.0. The number of hydrogen-bond acceptors (Lipinski definition) is 4. The van der Waals surface area contributed by atoms with Crippen LogP contribution in [0, 0.1) is 5.82 Å². The average Bonchev–Trinajstić information content (AvgIpc) is 2.62. The number of anilines is 1. The van der Waals surface area contributed by atoms with Crippen molar-refractivity contribution in [1.82, 2.24) is 4.31 Å². The monoisotopic (exact) mass is 458 g/mol. The van der Waals surface area contributed by atoms with E-state index in [-0.39, 0.29) is 17.3 Å². The molecule has 146 valence electrons. The van der Waals surface area contributed by atoms with Crippen molar-refractivity contribution < 1.29 is 22.3 Å². The number of carbonyl (C=O) groups excluding carboxylic acids is 1. The first kappa shape index (κ1) is 21.3. The average molecular weight is 459 g/mol. The van der Waals surface area contributed by atoms with Gasteiger partial charge in [-0.1, -0.05) is 29.8 Å². The molecule has 0 aliphatic heterocycles. The van der Waals surface area contributed by atoms with Gasteiger partial charge in [-0.3, -0.25) is 4.79 Å². The molecule has 9 heteroatoms. The van der Waals surface area contributed by atoms with E-state index in [2.05, 4.69) is 21.2 Å². The first-order valence-corrected chi connectivity index (χ1v) is 10.5. The van der Waals surface area contributed by atoms with E-state index in [4.69, 9.17) is 4.74 Å². The SMILES string of the molecule is CCN(CC)S(=O)(=O)c1ccc(NC(=O)COc2ccc(Br)cc2F)cc1. The highest BCUT2D eigenvalue weighted by Gasteiger charge is 2.21. The molecular formula is C18H20BrFN2O4S. The number of amides is 1. The Labute approximate surface area is 166 Å². The van der Waals surface area contributed by atoms with Gasteiger partial charge in [0.25, 0.3) is 5.91 Å². The van der Waals surface area contributed by atoms with E-state index in [1.165, 1.54) is 40.7 Å². The third kappa shape index (κ3) is 5.50. The number of halogens is 2. The minimum Gasteiger partial charge on any atom is -0.481 e. The lowest BCUT2D eigenvalue weighted by atomic mass is 10.3. The molecule has 0 saturated heterocycles. The van der Waals surface area contributed by atoms with Gasteiger partial charge >= 0.3 is 0 Å². The third-order valence-electron chi connectivity index (χ3n) is 3.73. The van der Waals surface area contributed by atoms with Crippen LogP contribution in [0.1, 0.15) is 13.8 Å². The van der Waals surface area contributed by atoms with E-state index in [0.717, 1.165) is 0 Å². The molecule has 1 amide bonds. The number of carbonyl (C=O) groups is 1. The molecule has 0 bridgehead atoms. The van der Waals surface area contributed by atoms with Gasteiger partial charge in [0, 0.05) is 23.2 Å². The van der Waals surface area contributed by atoms with Gasteiger partial charge in [0.1, 0.15) is 0 Å². The Balaban J connectivity index is 1.98. The minimum absolute atomic E-state index is 0.0333. The highest BCUT2D eigenvalue weighted by molar-refractivity contribution is 9.10. The molecule has 0 aromatic heterocycles. The normalized spacial score (nSPS) is 11.4. The van der Waals surface area contributed by atoms with Gasteiger partial charge in [0.05, 0.1) is 4.90 Å². The molecule has 0 spiro atoms. The van der Waals surface area contributed by atoms with E-state index in [9.17, 15) is 17.6 Å². The molecule has 27 heavy (non-hydrogen) atoms. The zero-order valence-corrected chi connectivity index (χ0v) is 17.3. The van der Waals surface area contributed by atoms with Crippen molar-refractivity contribution >= 4 is 37.5 Å². The second-order valence-electron chi connectivity index (χ2n) is 5.53. The first-order valence-electron chi connectivity index (χ1n) is 8.25. The maximum atomic E-state index is 13.7. The third-order valence-corrected chi connectivity index (χ3v) is 6.29. The van der Waals surface area contributed by atoms with Crippen LogP contribution in [0.2, 0.25) is 0 Å². The summed E-state index contributed by atoms with van der Waals surface area (Å²) in [5.74, 6) is -1.10. The van der Waals surface area contributed by atoms with Crippen LogP contribution >= 0.6 is 15.9 Å². The highest BCUT2D eigenvalue weighted by Crippen LogP contribution is 2.22. The number of rotatable bonds is 8. The Bertz CT molecular complexity index is 900. The Kier molecular flexibility index (Phi) is 7.34. The van der Waals surface area contributed by atoms with Crippen molar-refractivity contribution in [3.05, 3.63) is 52.8 Å². The number of hydrogen-bond donors (Lipinski definition) is 1. The quantitative estimate of drug-likeness (QED) is 0.654. The Morgan fingerprint density at radius 1 is 1.15 bits per heavy atom. The lowest BCUT2D eigenvalue weighted by Crippen LogP contribution is -2.30. The van der Waals surface area contributed by atoms with Crippen LogP contribution in [-0.4, -0.2) is 38.3 Å². The van der Waals surface area contributed by atoms with Crippen molar-refractivity contribution in [2.75, 3.05) is 25.0 Å². The topological polar surface area (TPSA) is 75.7 Å². The van der Waals surface area contributed by atoms with Crippen molar-refractivity contribution in [3.8, 4) is 5.75 Å². The Hall–Kier alpha value is -1.97. The fraction of sp³-hybridized carbons (Fsp3) is 0.278. The zero-order valence-electron chi connectivity index (χ0n) is 14.9. The van der Waals surface area contributed by atoms with Gasteiger partial charge in [0.2, 0.25) is 10.0 Å². The van der Waals surface area contributed by atoms with Gasteiger partial charge < -0.3 is 10.1 Å². The number of nitrogens with one attached hydrogen (secondary N) is 1. The largest absolute Gasteiger partial charge is 0.481 e. The van der Waals surface area contributed by atoms with Gasteiger partial charge in [-0.2, -0.15) is 4.31 Å². The fourth-order valence-corrected chi connectivity index (χ4v) is 4.15. The van der Waals surface area contributed by atoms with E-state index < -0.39 is 21.7 Å². The summed E-state index contributed by atoms with van der Waals surface area (Å²) in [7, 11) is -3.55. The van der Waals surface area contributed by atoms with Crippen LogP contribution in [-0.2, 0) is 14.8 Å². The summed E-state index contributed by atoms with van der Waals surface area (Å²) in [6.07, 6.45) is 0. The van der Waals surface area contributed by atoms with Gasteiger partial charge in [-0.25, -0.2) is 12.8 Å². The molecular weight excluding hydrogens is 439 g/mol. The van der Waals surface area contributed by atoms with E-state index >= 15 is 0 Å². The summed E-state index contributed by atoms with van der Waals surface area (Å²) in [5.41, 5.74) is 0.415. The lowest BCUT2D eigenvalue weighted by Gasteiger charge is -2.18. The van der Waals surface area contributed by atoms with E-state index in [0.29, 0.717) is 23.2 Å². The fourth-order valence-electron chi connectivity index (χ4n) is 2.36. The van der Waals surface area contributed by atoms with Crippen LogP contribution in [0.25, 0.3) is 0 Å². The molecule has 6 nitrogen and oxygen atoms in total. The minimum atomic E-state index is -3.55. The second kappa shape index (κ2) is 9.29.